The standard InChI is InChI=1S/C14H13FN2O3/c15-10-3-1-2-9(6-10)14(20)16-7-11(8-16)17-12(18)4-5-13(17)19/h1-3,6,11H,4-5,7-8H2. The Hall–Kier alpha value is -2.24. The molecule has 0 spiro atoms. The van der Waals surface area contributed by atoms with Crippen LogP contribution in [0.4, 0.5) is 4.39 Å². The fourth-order valence-corrected chi connectivity index (χ4v) is 2.59. The molecule has 104 valence electrons. The van der Waals surface area contributed by atoms with Crippen LogP contribution < -0.4 is 0 Å². The number of nitrogens with zero attached hydrogens (tertiary/aromatic N) is 2. The average molecular weight is 276 g/mol. The Morgan fingerprint density at radius 3 is 2.40 bits per heavy atom. The molecule has 2 fully saturated rings. The lowest BCUT2D eigenvalue weighted by Gasteiger charge is -2.43. The van der Waals surface area contributed by atoms with Gasteiger partial charge in [0.1, 0.15) is 5.82 Å². The van der Waals surface area contributed by atoms with Crippen molar-refractivity contribution in [3.63, 3.8) is 0 Å². The van der Waals surface area contributed by atoms with Crippen molar-refractivity contribution in [2.75, 3.05) is 13.1 Å². The summed E-state index contributed by atoms with van der Waals surface area (Å²) in [5, 5.41) is 0. The number of rotatable bonds is 2. The van der Waals surface area contributed by atoms with E-state index in [0.29, 0.717) is 13.1 Å². The molecule has 0 N–H and O–H groups in total. The van der Waals surface area contributed by atoms with E-state index in [4.69, 9.17) is 0 Å². The predicted octanol–water partition coefficient (Wildman–Crippen LogP) is 0.799. The van der Waals surface area contributed by atoms with Gasteiger partial charge in [0, 0.05) is 31.5 Å². The summed E-state index contributed by atoms with van der Waals surface area (Å²) in [6.45, 7) is 0.652. The van der Waals surface area contributed by atoms with Gasteiger partial charge in [0.05, 0.1) is 6.04 Å². The highest BCUT2D eigenvalue weighted by molar-refractivity contribution is 6.03. The van der Waals surface area contributed by atoms with E-state index in [2.05, 4.69) is 0 Å². The number of imide groups is 1. The molecule has 6 heteroatoms. The molecule has 0 saturated carbocycles. The minimum atomic E-state index is -0.460. The van der Waals surface area contributed by atoms with Gasteiger partial charge in [-0.3, -0.25) is 19.3 Å². The normalized spacial score (nSPS) is 19.4. The summed E-state index contributed by atoms with van der Waals surface area (Å²) < 4.78 is 13.1. The van der Waals surface area contributed by atoms with Crippen LogP contribution in [0.1, 0.15) is 23.2 Å². The summed E-state index contributed by atoms with van der Waals surface area (Å²) in [7, 11) is 0. The summed E-state index contributed by atoms with van der Waals surface area (Å²) in [5.74, 6) is -1.08. The minimum Gasteiger partial charge on any atom is -0.334 e. The van der Waals surface area contributed by atoms with E-state index in [-0.39, 0.29) is 42.2 Å². The second kappa shape index (κ2) is 4.70. The third kappa shape index (κ3) is 2.07. The van der Waals surface area contributed by atoms with Crippen LogP contribution in [0.15, 0.2) is 24.3 Å². The highest BCUT2D eigenvalue weighted by Gasteiger charge is 2.42. The van der Waals surface area contributed by atoms with Gasteiger partial charge in [0.15, 0.2) is 0 Å². The SMILES string of the molecule is O=C(c1cccc(F)c1)N1CC(N2C(=O)CCC2=O)C1. The molecule has 2 aliphatic rings. The van der Waals surface area contributed by atoms with Crippen molar-refractivity contribution >= 4 is 17.7 Å². The fraction of sp³-hybridized carbons (Fsp3) is 0.357. The summed E-state index contributed by atoms with van der Waals surface area (Å²) >= 11 is 0. The van der Waals surface area contributed by atoms with Gasteiger partial charge in [0.25, 0.3) is 5.91 Å². The van der Waals surface area contributed by atoms with Crippen molar-refractivity contribution < 1.29 is 18.8 Å². The first-order chi connectivity index (χ1) is 9.56. The molecule has 0 unspecified atom stereocenters. The van der Waals surface area contributed by atoms with E-state index < -0.39 is 5.82 Å². The first-order valence-corrected chi connectivity index (χ1v) is 6.46. The lowest BCUT2D eigenvalue weighted by Crippen LogP contribution is -2.62. The van der Waals surface area contributed by atoms with Gasteiger partial charge < -0.3 is 4.90 Å². The lowest BCUT2D eigenvalue weighted by atomic mass is 10.0. The lowest BCUT2D eigenvalue weighted by molar-refractivity contribution is -0.144. The number of carbonyl (C=O) groups is 3. The Kier molecular flexibility index (Phi) is 3.00. The van der Waals surface area contributed by atoms with Crippen molar-refractivity contribution in [2.24, 2.45) is 0 Å². The number of halogens is 1. The maximum absolute atomic E-state index is 13.1. The molecule has 2 heterocycles. The van der Waals surface area contributed by atoms with Gasteiger partial charge in [-0.15, -0.1) is 0 Å². The summed E-state index contributed by atoms with van der Waals surface area (Å²) in [5.41, 5.74) is 0.280. The van der Waals surface area contributed by atoms with Gasteiger partial charge in [-0.1, -0.05) is 6.07 Å². The fourth-order valence-electron chi connectivity index (χ4n) is 2.59. The zero-order valence-corrected chi connectivity index (χ0v) is 10.7. The highest BCUT2D eigenvalue weighted by atomic mass is 19.1. The van der Waals surface area contributed by atoms with Crippen LogP contribution in [0.25, 0.3) is 0 Å². The highest BCUT2D eigenvalue weighted by Crippen LogP contribution is 2.23. The number of hydrogen-bond acceptors (Lipinski definition) is 3. The first kappa shape index (κ1) is 12.8. The Bertz CT molecular complexity index is 580. The first-order valence-electron chi connectivity index (χ1n) is 6.46. The molecule has 0 bridgehead atoms. The average Bonchev–Trinajstić information content (AvgIpc) is 2.69. The van der Waals surface area contributed by atoms with Crippen molar-refractivity contribution in [3.8, 4) is 0 Å². The molecule has 20 heavy (non-hydrogen) atoms. The van der Waals surface area contributed by atoms with Crippen LogP contribution in [-0.2, 0) is 9.59 Å². The second-order valence-corrected chi connectivity index (χ2v) is 5.03. The predicted molar refractivity (Wildman–Crippen MR) is 67.2 cm³/mol. The smallest absolute Gasteiger partial charge is 0.254 e. The molecule has 2 saturated heterocycles. The topological polar surface area (TPSA) is 57.7 Å². The number of hydrogen-bond donors (Lipinski definition) is 0. The second-order valence-electron chi connectivity index (χ2n) is 5.03. The molecule has 3 amide bonds. The van der Waals surface area contributed by atoms with Crippen LogP contribution in [0.3, 0.4) is 0 Å². The van der Waals surface area contributed by atoms with Crippen LogP contribution in [0.2, 0.25) is 0 Å². The maximum atomic E-state index is 13.1. The summed E-state index contributed by atoms with van der Waals surface area (Å²) in [6.07, 6.45) is 0.514. The molecule has 0 aromatic heterocycles. The van der Waals surface area contributed by atoms with Gasteiger partial charge in [-0.2, -0.15) is 0 Å². The molecular formula is C14H13FN2O3. The van der Waals surface area contributed by atoms with E-state index in [1.807, 2.05) is 0 Å². The number of likely N-dealkylation sites (tertiary alicyclic amines) is 2. The van der Waals surface area contributed by atoms with Crippen LogP contribution in [-0.4, -0.2) is 46.7 Å². The van der Waals surface area contributed by atoms with Crippen molar-refractivity contribution in [2.45, 2.75) is 18.9 Å². The minimum absolute atomic E-state index is 0.169. The Morgan fingerprint density at radius 1 is 1.15 bits per heavy atom. The van der Waals surface area contributed by atoms with Crippen LogP contribution in [0, 0.1) is 5.82 Å². The zero-order valence-electron chi connectivity index (χ0n) is 10.7. The molecule has 0 atom stereocenters. The van der Waals surface area contributed by atoms with Gasteiger partial charge >= 0.3 is 0 Å². The van der Waals surface area contributed by atoms with Crippen LogP contribution >= 0.6 is 0 Å². The molecule has 2 aliphatic heterocycles. The van der Waals surface area contributed by atoms with E-state index in [1.54, 1.807) is 6.07 Å². The van der Waals surface area contributed by atoms with Crippen molar-refractivity contribution in [3.05, 3.63) is 35.6 Å². The van der Waals surface area contributed by atoms with Gasteiger partial charge in [-0.25, -0.2) is 4.39 Å². The van der Waals surface area contributed by atoms with E-state index in [9.17, 15) is 18.8 Å². The van der Waals surface area contributed by atoms with E-state index in [1.165, 1.54) is 28.0 Å². The molecular weight excluding hydrogens is 263 g/mol. The monoisotopic (exact) mass is 276 g/mol. The van der Waals surface area contributed by atoms with Crippen molar-refractivity contribution in [1.29, 1.82) is 0 Å². The Morgan fingerprint density at radius 2 is 1.80 bits per heavy atom. The zero-order chi connectivity index (χ0) is 14.3. The molecule has 5 nitrogen and oxygen atoms in total. The maximum Gasteiger partial charge on any atom is 0.254 e. The summed E-state index contributed by atoms with van der Waals surface area (Å²) in [6, 6.07) is 5.26. The van der Waals surface area contributed by atoms with E-state index >= 15 is 0 Å². The van der Waals surface area contributed by atoms with Crippen LogP contribution in [0.5, 0.6) is 0 Å². The molecule has 1 aromatic carbocycles. The number of benzene rings is 1. The molecule has 3 rings (SSSR count). The molecule has 0 aliphatic carbocycles. The van der Waals surface area contributed by atoms with Crippen molar-refractivity contribution in [1.82, 2.24) is 9.80 Å². The Balaban J connectivity index is 1.64. The van der Waals surface area contributed by atoms with Gasteiger partial charge in [0.2, 0.25) is 11.8 Å². The van der Waals surface area contributed by atoms with E-state index in [0.717, 1.165) is 0 Å². The third-order valence-electron chi connectivity index (χ3n) is 3.68. The number of amides is 3. The Labute approximate surface area is 115 Å². The largest absolute Gasteiger partial charge is 0.334 e. The quantitative estimate of drug-likeness (QED) is 0.751. The molecule has 0 radical (unpaired) electrons. The van der Waals surface area contributed by atoms with Gasteiger partial charge in [-0.05, 0) is 18.2 Å². The molecule has 1 aromatic rings. The number of carbonyl (C=O) groups excluding carboxylic acids is 3. The third-order valence-corrected chi connectivity index (χ3v) is 3.68. The summed E-state index contributed by atoms with van der Waals surface area (Å²) in [4.78, 5) is 38.0.